The van der Waals surface area contributed by atoms with Crippen molar-refractivity contribution >= 4 is 0 Å². The van der Waals surface area contributed by atoms with Crippen LogP contribution in [0.1, 0.15) is 13.8 Å². The van der Waals surface area contributed by atoms with E-state index in [0.717, 1.165) is 11.1 Å². The second-order valence-electron chi connectivity index (χ2n) is 2.07. The molecule has 46 valence electrons. The molecule has 1 aliphatic rings. The molecule has 0 atom stereocenters. The first-order valence-corrected chi connectivity index (χ1v) is 2.47. The molecule has 0 spiro atoms. The fourth-order valence-electron chi connectivity index (χ4n) is 0.786. The van der Waals surface area contributed by atoms with Gasteiger partial charge in [-0.1, -0.05) is 11.1 Å². The lowest BCUT2D eigenvalue weighted by Crippen LogP contribution is -2.16. The molecule has 3 heteroatoms. The maximum Gasteiger partial charge on any atom is 0.0637 e. The quantitative estimate of drug-likeness (QED) is 0.407. The summed E-state index contributed by atoms with van der Waals surface area (Å²) in [5.74, 6) is 0. The topological polar surface area (TPSA) is 46.5 Å². The summed E-state index contributed by atoms with van der Waals surface area (Å²) in [4.78, 5) is 0. The van der Waals surface area contributed by atoms with Crippen molar-refractivity contribution in [2.75, 3.05) is 0 Å². The lowest BCUT2D eigenvalue weighted by Gasteiger charge is -2.19. The Labute approximate surface area is 47.8 Å². The first-order chi connectivity index (χ1) is 3.64. The molecule has 0 aromatic heterocycles. The van der Waals surface area contributed by atoms with Crippen LogP contribution in [0.2, 0.25) is 0 Å². The molecular weight excluding hydrogens is 106 g/mol. The monoisotopic (exact) mass is 114 g/mol. The number of nitrogens with zero attached hydrogens (tertiary/aromatic N) is 1. The van der Waals surface area contributed by atoms with E-state index in [9.17, 15) is 5.21 Å². The van der Waals surface area contributed by atoms with Gasteiger partial charge in [0.25, 0.3) is 0 Å². The normalized spacial score (nSPS) is 20.6. The molecule has 1 rings (SSSR count). The predicted octanol–water partition coefficient (Wildman–Crippen LogP) is 0.894. The van der Waals surface area contributed by atoms with Crippen molar-refractivity contribution in [3.8, 4) is 0 Å². The number of hydrogen-bond donors (Lipinski definition) is 1. The van der Waals surface area contributed by atoms with Gasteiger partial charge >= 0.3 is 0 Å². The third kappa shape index (κ3) is 0.647. The molecule has 0 aromatic carbocycles. The molecule has 1 aliphatic carbocycles. The fraction of sp³-hybridized carbons (Fsp3) is 0.600. The molecule has 0 amide bonds. The van der Waals surface area contributed by atoms with E-state index in [4.69, 9.17) is 5.21 Å². The van der Waals surface area contributed by atoms with Gasteiger partial charge in [-0.25, -0.2) is 0 Å². The molecule has 0 aromatic rings. The van der Waals surface area contributed by atoms with E-state index in [2.05, 4.69) is 0 Å². The Morgan fingerprint density at radius 3 is 1.88 bits per heavy atom. The van der Waals surface area contributed by atoms with Gasteiger partial charge in [-0.05, 0) is 13.8 Å². The fourth-order valence-corrected chi connectivity index (χ4v) is 0.786. The molecule has 0 saturated carbocycles. The maximum atomic E-state index is 10.1. The van der Waals surface area contributed by atoms with Gasteiger partial charge in [0.05, 0.1) is 6.04 Å². The van der Waals surface area contributed by atoms with Crippen molar-refractivity contribution in [1.82, 2.24) is 5.23 Å². The molecule has 3 nitrogen and oxygen atoms in total. The minimum Gasteiger partial charge on any atom is -0.762 e. The Morgan fingerprint density at radius 2 is 1.88 bits per heavy atom. The number of rotatable bonds is 1. The number of hydrogen-bond acceptors (Lipinski definition) is 3. The summed E-state index contributed by atoms with van der Waals surface area (Å²) in [6, 6.07) is -0.296. The SMILES string of the molecule is CC1=C(C)C1N([O-])O. The Morgan fingerprint density at radius 1 is 1.50 bits per heavy atom. The lowest BCUT2D eigenvalue weighted by atomic mass is 10.5. The van der Waals surface area contributed by atoms with Crippen molar-refractivity contribution < 1.29 is 5.21 Å². The van der Waals surface area contributed by atoms with Crippen LogP contribution >= 0.6 is 0 Å². The average molecular weight is 114 g/mol. The van der Waals surface area contributed by atoms with Crippen molar-refractivity contribution in [2.24, 2.45) is 0 Å². The molecule has 0 bridgehead atoms. The second-order valence-corrected chi connectivity index (χ2v) is 2.07. The summed E-state index contributed by atoms with van der Waals surface area (Å²) in [5, 5.41) is 18.3. The summed E-state index contributed by atoms with van der Waals surface area (Å²) in [6.45, 7) is 3.67. The zero-order valence-electron chi connectivity index (χ0n) is 4.88. The van der Waals surface area contributed by atoms with Gasteiger partial charge in [0, 0.05) is 0 Å². The third-order valence-electron chi connectivity index (χ3n) is 1.58. The van der Waals surface area contributed by atoms with Crippen molar-refractivity contribution in [3.63, 3.8) is 0 Å². The third-order valence-corrected chi connectivity index (χ3v) is 1.58. The van der Waals surface area contributed by atoms with Crippen LogP contribution in [0.3, 0.4) is 0 Å². The Kier molecular flexibility index (Phi) is 1.11. The van der Waals surface area contributed by atoms with Crippen molar-refractivity contribution in [3.05, 3.63) is 16.4 Å². The highest BCUT2D eigenvalue weighted by molar-refractivity contribution is 5.42. The predicted molar refractivity (Wildman–Crippen MR) is 29.2 cm³/mol. The van der Waals surface area contributed by atoms with Gasteiger partial charge < -0.3 is 10.4 Å². The average Bonchev–Trinajstić information content (AvgIpc) is 2.15. The van der Waals surface area contributed by atoms with E-state index in [1.165, 1.54) is 0 Å². The van der Waals surface area contributed by atoms with Gasteiger partial charge in [-0.3, -0.25) is 5.23 Å². The van der Waals surface area contributed by atoms with Crippen LogP contribution in [0.4, 0.5) is 0 Å². The van der Waals surface area contributed by atoms with Crippen LogP contribution in [0.25, 0.3) is 0 Å². The summed E-state index contributed by atoms with van der Waals surface area (Å²) in [5.41, 5.74) is 1.98. The van der Waals surface area contributed by atoms with E-state index in [0.29, 0.717) is 0 Å². The van der Waals surface area contributed by atoms with Crippen LogP contribution in [-0.4, -0.2) is 16.5 Å². The Bertz CT molecular complexity index is 127. The largest absolute Gasteiger partial charge is 0.762 e. The van der Waals surface area contributed by atoms with Crippen molar-refractivity contribution in [2.45, 2.75) is 19.9 Å². The summed E-state index contributed by atoms with van der Waals surface area (Å²) < 4.78 is 0. The smallest absolute Gasteiger partial charge is 0.0637 e. The zero-order chi connectivity index (χ0) is 6.31. The molecule has 0 unspecified atom stereocenters. The Balaban J connectivity index is 2.42. The molecule has 0 heterocycles. The van der Waals surface area contributed by atoms with Crippen LogP contribution in [0.15, 0.2) is 11.1 Å². The molecule has 0 aliphatic heterocycles. The zero-order valence-corrected chi connectivity index (χ0v) is 4.88. The summed E-state index contributed by atoms with van der Waals surface area (Å²) >= 11 is 0. The Hall–Kier alpha value is -0.380. The van der Waals surface area contributed by atoms with Gasteiger partial charge in [0.15, 0.2) is 0 Å². The summed E-state index contributed by atoms with van der Waals surface area (Å²) in [7, 11) is 0. The molecule has 0 saturated heterocycles. The summed E-state index contributed by atoms with van der Waals surface area (Å²) in [6.07, 6.45) is 0. The van der Waals surface area contributed by atoms with E-state index >= 15 is 0 Å². The van der Waals surface area contributed by atoms with E-state index < -0.39 is 0 Å². The van der Waals surface area contributed by atoms with E-state index in [-0.39, 0.29) is 11.3 Å². The van der Waals surface area contributed by atoms with Gasteiger partial charge in [0.2, 0.25) is 0 Å². The first-order valence-electron chi connectivity index (χ1n) is 2.47. The maximum absolute atomic E-state index is 10.1. The highest BCUT2D eigenvalue weighted by atomic mass is 16.8. The second kappa shape index (κ2) is 1.55. The highest BCUT2D eigenvalue weighted by Crippen LogP contribution is 2.33. The van der Waals surface area contributed by atoms with Crippen LogP contribution in [-0.2, 0) is 0 Å². The lowest BCUT2D eigenvalue weighted by molar-refractivity contribution is -0.0453. The van der Waals surface area contributed by atoms with Crippen LogP contribution < -0.4 is 0 Å². The van der Waals surface area contributed by atoms with Gasteiger partial charge in [0.1, 0.15) is 0 Å². The first kappa shape index (κ1) is 5.75. The molecule has 0 fully saturated rings. The minimum absolute atomic E-state index is 0.00926. The molecule has 1 N–H and O–H groups in total. The van der Waals surface area contributed by atoms with Crippen LogP contribution in [0.5, 0.6) is 0 Å². The highest BCUT2D eigenvalue weighted by Gasteiger charge is 2.29. The van der Waals surface area contributed by atoms with Gasteiger partial charge in [-0.15, -0.1) is 0 Å². The molecular formula is C5H8NO2-. The van der Waals surface area contributed by atoms with E-state index in [1.807, 2.05) is 13.8 Å². The molecule has 0 radical (unpaired) electrons. The van der Waals surface area contributed by atoms with Gasteiger partial charge in [-0.2, -0.15) is 0 Å². The minimum atomic E-state index is -0.296. The standard InChI is InChI=1S/C5H8NO2/c1-3-4(2)5(3)6(7)8/h5,7H,1-2H3/q-1. The molecule has 8 heavy (non-hydrogen) atoms. The van der Waals surface area contributed by atoms with Crippen LogP contribution in [0, 0.1) is 5.21 Å². The number of hydroxylamine groups is 2. The van der Waals surface area contributed by atoms with Crippen molar-refractivity contribution in [1.29, 1.82) is 0 Å². The van der Waals surface area contributed by atoms with E-state index in [1.54, 1.807) is 0 Å².